The molecule has 15 heavy (non-hydrogen) atoms. The molecule has 2 aromatic rings. The lowest BCUT2D eigenvalue weighted by Crippen LogP contribution is -2.15. The van der Waals surface area contributed by atoms with E-state index in [1.165, 1.54) is 18.5 Å². The maximum Gasteiger partial charge on any atom is 0.0961 e. The van der Waals surface area contributed by atoms with Crippen molar-refractivity contribution in [2.24, 2.45) is 0 Å². The molecule has 1 aliphatic heterocycles. The van der Waals surface area contributed by atoms with Crippen LogP contribution >= 0.6 is 0 Å². The van der Waals surface area contributed by atoms with Crippen LogP contribution in [0.25, 0.3) is 11.0 Å². The first-order chi connectivity index (χ1) is 7.34. The molecule has 0 aliphatic carbocycles. The van der Waals surface area contributed by atoms with Gasteiger partial charge in [0.15, 0.2) is 0 Å². The highest BCUT2D eigenvalue weighted by molar-refractivity contribution is 5.75. The minimum absolute atomic E-state index is 0.599. The van der Waals surface area contributed by atoms with Crippen molar-refractivity contribution >= 4 is 11.0 Å². The number of benzene rings is 1. The van der Waals surface area contributed by atoms with Crippen molar-refractivity contribution in [1.29, 1.82) is 0 Å². The fraction of sp³-hybridized carbons (Fsp3) is 0.417. The highest BCUT2D eigenvalue weighted by Crippen LogP contribution is 2.24. The van der Waals surface area contributed by atoms with Gasteiger partial charge in [0.25, 0.3) is 0 Å². The number of hydrogen-bond acceptors (Lipinski definition) is 2. The van der Waals surface area contributed by atoms with Gasteiger partial charge in [-0.05, 0) is 32.1 Å². The number of likely N-dealkylation sites (N-methyl/N-ethyl adjacent to an activating group) is 1. The second-order valence-corrected chi connectivity index (χ2v) is 4.35. The molecule has 0 spiro atoms. The number of likely N-dealkylation sites (tertiary alicyclic amines) is 1. The van der Waals surface area contributed by atoms with Crippen LogP contribution < -0.4 is 0 Å². The first kappa shape index (κ1) is 8.92. The van der Waals surface area contributed by atoms with Gasteiger partial charge in [-0.1, -0.05) is 12.1 Å². The van der Waals surface area contributed by atoms with Crippen molar-refractivity contribution in [3.05, 3.63) is 30.6 Å². The minimum Gasteiger partial charge on any atom is -0.326 e. The standard InChI is InChI=1S/C12H15N3/c1-14-7-6-10(8-14)15-9-13-11-4-2-3-5-12(11)15/h2-5,9-10H,6-8H2,1H3. The Kier molecular flexibility index (Phi) is 1.99. The maximum atomic E-state index is 4.43. The molecule has 1 aliphatic rings. The Hall–Kier alpha value is -1.35. The average Bonchev–Trinajstić information content (AvgIpc) is 2.83. The summed E-state index contributed by atoms with van der Waals surface area (Å²) < 4.78 is 2.32. The largest absolute Gasteiger partial charge is 0.326 e. The van der Waals surface area contributed by atoms with Crippen LogP contribution in [0.4, 0.5) is 0 Å². The van der Waals surface area contributed by atoms with Gasteiger partial charge >= 0.3 is 0 Å². The van der Waals surface area contributed by atoms with Crippen molar-refractivity contribution in [1.82, 2.24) is 14.5 Å². The summed E-state index contributed by atoms with van der Waals surface area (Å²) in [6.45, 7) is 2.33. The Morgan fingerprint density at radius 2 is 2.20 bits per heavy atom. The van der Waals surface area contributed by atoms with Crippen molar-refractivity contribution in [2.75, 3.05) is 20.1 Å². The van der Waals surface area contributed by atoms with Gasteiger partial charge in [0.1, 0.15) is 0 Å². The molecule has 0 N–H and O–H groups in total. The quantitative estimate of drug-likeness (QED) is 0.702. The zero-order valence-corrected chi connectivity index (χ0v) is 8.93. The SMILES string of the molecule is CN1CCC(n2cnc3ccccc32)C1. The number of para-hydroxylation sites is 2. The Bertz CT molecular complexity index is 474. The molecule has 3 heteroatoms. The molecule has 3 nitrogen and oxygen atoms in total. The van der Waals surface area contributed by atoms with E-state index < -0.39 is 0 Å². The van der Waals surface area contributed by atoms with E-state index in [0.717, 1.165) is 12.1 Å². The molecule has 0 bridgehead atoms. The molecule has 1 aromatic heterocycles. The molecule has 2 heterocycles. The van der Waals surface area contributed by atoms with E-state index in [2.05, 4.69) is 39.7 Å². The summed E-state index contributed by atoms with van der Waals surface area (Å²) in [7, 11) is 2.18. The predicted molar refractivity (Wildman–Crippen MR) is 60.9 cm³/mol. The third kappa shape index (κ3) is 1.43. The highest BCUT2D eigenvalue weighted by atomic mass is 15.2. The van der Waals surface area contributed by atoms with Crippen molar-refractivity contribution in [3.8, 4) is 0 Å². The molecule has 1 fully saturated rings. The lowest BCUT2D eigenvalue weighted by atomic mass is 10.2. The zero-order chi connectivity index (χ0) is 10.3. The van der Waals surface area contributed by atoms with Gasteiger partial charge in [0.2, 0.25) is 0 Å². The number of rotatable bonds is 1. The lowest BCUT2D eigenvalue weighted by molar-refractivity contribution is 0.394. The Morgan fingerprint density at radius 1 is 1.33 bits per heavy atom. The van der Waals surface area contributed by atoms with Gasteiger partial charge in [0.05, 0.1) is 17.4 Å². The molecule has 1 atom stereocenters. The predicted octanol–water partition coefficient (Wildman–Crippen LogP) is 1.91. The highest BCUT2D eigenvalue weighted by Gasteiger charge is 2.21. The van der Waals surface area contributed by atoms with E-state index in [-0.39, 0.29) is 0 Å². The zero-order valence-electron chi connectivity index (χ0n) is 8.93. The summed E-state index contributed by atoms with van der Waals surface area (Å²) in [5.74, 6) is 0. The maximum absolute atomic E-state index is 4.43. The van der Waals surface area contributed by atoms with E-state index in [0.29, 0.717) is 6.04 Å². The number of fused-ring (bicyclic) bond motifs is 1. The normalized spacial score (nSPS) is 22.6. The lowest BCUT2D eigenvalue weighted by Gasteiger charge is -2.12. The van der Waals surface area contributed by atoms with Crippen LogP contribution in [0.5, 0.6) is 0 Å². The molecule has 0 saturated carbocycles. The van der Waals surface area contributed by atoms with E-state index in [1.807, 2.05) is 12.4 Å². The van der Waals surface area contributed by atoms with Crippen LogP contribution in [0, 0.1) is 0 Å². The van der Waals surface area contributed by atoms with Crippen LogP contribution in [0.3, 0.4) is 0 Å². The molecule has 0 amide bonds. The van der Waals surface area contributed by atoms with Crippen LogP contribution in [0.1, 0.15) is 12.5 Å². The van der Waals surface area contributed by atoms with Gasteiger partial charge in [-0.15, -0.1) is 0 Å². The summed E-state index contributed by atoms with van der Waals surface area (Å²) in [6.07, 6.45) is 3.21. The third-order valence-electron chi connectivity index (χ3n) is 3.24. The Morgan fingerprint density at radius 3 is 3.00 bits per heavy atom. The summed E-state index contributed by atoms with van der Waals surface area (Å²) >= 11 is 0. The van der Waals surface area contributed by atoms with Crippen LogP contribution in [-0.2, 0) is 0 Å². The van der Waals surface area contributed by atoms with Crippen LogP contribution in [0.2, 0.25) is 0 Å². The summed E-state index contributed by atoms with van der Waals surface area (Å²) in [5, 5.41) is 0. The van der Waals surface area contributed by atoms with Crippen molar-refractivity contribution in [3.63, 3.8) is 0 Å². The summed E-state index contributed by atoms with van der Waals surface area (Å²) in [4.78, 5) is 6.81. The Balaban J connectivity index is 2.04. The van der Waals surface area contributed by atoms with E-state index in [1.54, 1.807) is 0 Å². The second kappa shape index (κ2) is 3.35. The number of hydrogen-bond donors (Lipinski definition) is 0. The van der Waals surface area contributed by atoms with Gasteiger partial charge in [-0.3, -0.25) is 0 Å². The van der Waals surface area contributed by atoms with E-state index >= 15 is 0 Å². The fourth-order valence-corrected chi connectivity index (χ4v) is 2.41. The number of imidazole rings is 1. The van der Waals surface area contributed by atoms with Crippen molar-refractivity contribution < 1.29 is 0 Å². The minimum atomic E-state index is 0.599. The third-order valence-corrected chi connectivity index (χ3v) is 3.24. The smallest absolute Gasteiger partial charge is 0.0961 e. The second-order valence-electron chi connectivity index (χ2n) is 4.35. The Labute approximate surface area is 89.3 Å². The summed E-state index contributed by atoms with van der Waals surface area (Å²) in [6, 6.07) is 8.95. The van der Waals surface area contributed by atoms with Crippen LogP contribution in [0.15, 0.2) is 30.6 Å². The van der Waals surface area contributed by atoms with Crippen molar-refractivity contribution in [2.45, 2.75) is 12.5 Å². The molecule has 1 saturated heterocycles. The van der Waals surface area contributed by atoms with Gasteiger partial charge in [-0.2, -0.15) is 0 Å². The number of aromatic nitrogens is 2. The van der Waals surface area contributed by atoms with E-state index in [9.17, 15) is 0 Å². The van der Waals surface area contributed by atoms with Crippen LogP contribution in [-0.4, -0.2) is 34.6 Å². The molecular weight excluding hydrogens is 186 g/mol. The molecule has 3 rings (SSSR count). The van der Waals surface area contributed by atoms with E-state index in [4.69, 9.17) is 0 Å². The molecule has 1 unspecified atom stereocenters. The molecule has 1 aromatic carbocycles. The fourth-order valence-electron chi connectivity index (χ4n) is 2.41. The molecular formula is C12H15N3. The van der Waals surface area contributed by atoms with Gasteiger partial charge < -0.3 is 9.47 Å². The topological polar surface area (TPSA) is 21.1 Å². The first-order valence-electron chi connectivity index (χ1n) is 5.45. The molecule has 78 valence electrons. The van der Waals surface area contributed by atoms with Gasteiger partial charge in [0, 0.05) is 12.6 Å². The first-order valence-corrected chi connectivity index (χ1v) is 5.45. The molecule has 0 radical (unpaired) electrons. The monoisotopic (exact) mass is 201 g/mol. The summed E-state index contributed by atoms with van der Waals surface area (Å²) in [5.41, 5.74) is 2.37. The van der Waals surface area contributed by atoms with Gasteiger partial charge in [-0.25, -0.2) is 4.98 Å². The number of nitrogens with zero attached hydrogens (tertiary/aromatic N) is 3. The average molecular weight is 201 g/mol.